The number of aliphatic carboxylic acids is 1. The Morgan fingerprint density at radius 2 is 1.70 bits per heavy atom. The van der Waals surface area contributed by atoms with Crippen molar-refractivity contribution in [2.75, 3.05) is 12.5 Å². The number of carbonyl (C=O) groups is 1. The molecule has 20 heavy (non-hydrogen) atoms. The summed E-state index contributed by atoms with van der Waals surface area (Å²) in [5.41, 5.74) is 0.330. The van der Waals surface area contributed by atoms with Crippen LogP contribution in [0.15, 0.2) is 28.0 Å². The first-order chi connectivity index (χ1) is 9.03. The zero-order valence-corrected chi connectivity index (χ0v) is 12.8. The summed E-state index contributed by atoms with van der Waals surface area (Å²) < 4.78 is 47.0. The Bertz CT molecular complexity index is 716. The maximum Gasteiger partial charge on any atom is 0.303 e. The van der Waals surface area contributed by atoms with E-state index in [1.165, 1.54) is 18.2 Å². The number of aryl methyl sites for hydroxylation is 1. The van der Waals surface area contributed by atoms with Crippen LogP contribution in [0.1, 0.15) is 18.4 Å². The van der Waals surface area contributed by atoms with Crippen LogP contribution in [-0.2, 0) is 30.9 Å². The first kappa shape index (κ1) is 16.6. The summed E-state index contributed by atoms with van der Waals surface area (Å²) in [6, 6.07) is 4.21. The molecule has 0 aliphatic heterocycles. The van der Waals surface area contributed by atoms with Crippen LogP contribution in [-0.4, -0.2) is 40.4 Å². The molecule has 1 rings (SSSR count). The smallest absolute Gasteiger partial charge is 0.303 e. The van der Waals surface area contributed by atoms with Gasteiger partial charge in [-0.3, -0.25) is 4.79 Å². The van der Waals surface area contributed by atoms with Crippen LogP contribution in [0.2, 0.25) is 0 Å². The van der Waals surface area contributed by atoms with Gasteiger partial charge in [-0.1, -0.05) is 12.1 Å². The lowest BCUT2D eigenvalue weighted by Gasteiger charge is -2.11. The number of carboxylic acids is 1. The molecule has 1 aromatic carbocycles. The molecule has 1 aromatic rings. The Kier molecular flexibility index (Phi) is 4.93. The Morgan fingerprint density at radius 3 is 2.15 bits per heavy atom. The quantitative estimate of drug-likeness (QED) is 0.835. The molecular weight excluding hydrogens is 304 g/mol. The number of hydrogen-bond acceptors (Lipinski definition) is 5. The van der Waals surface area contributed by atoms with Gasteiger partial charge in [0.05, 0.1) is 9.79 Å². The minimum atomic E-state index is -3.72. The lowest BCUT2D eigenvalue weighted by atomic mass is 10.1. The number of hydrogen-bond donors (Lipinski definition) is 1. The van der Waals surface area contributed by atoms with E-state index in [4.69, 9.17) is 5.11 Å². The van der Waals surface area contributed by atoms with Gasteiger partial charge in [-0.25, -0.2) is 16.8 Å². The van der Waals surface area contributed by atoms with E-state index >= 15 is 0 Å². The van der Waals surface area contributed by atoms with E-state index in [1.54, 1.807) is 0 Å². The average Bonchev–Trinajstić information content (AvgIpc) is 2.25. The van der Waals surface area contributed by atoms with E-state index in [-0.39, 0.29) is 29.1 Å². The van der Waals surface area contributed by atoms with Gasteiger partial charge in [0, 0.05) is 18.9 Å². The second-order valence-corrected chi connectivity index (χ2v) is 8.47. The van der Waals surface area contributed by atoms with Gasteiger partial charge in [0.2, 0.25) is 0 Å². The predicted octanol–water partition coefficient (Wildman–Crippen LogP) is 0.901. The van der Waals surface area contributed by atoms with Crippen molar-refractivity contribution in [3.63, 3.8) is 0 Å². The Labute approximate surface area is 118 Å². The van der Waals surface area contributed by atoms with Crippen LogP contribution in [0.5, 0.6) is 0 Å². The summed E-state index contributed by atoms with van der Waals surface area (Å²) in [7, 11) is -7.40. The van der Waals surface area contributed by atoms with Gasteiger partial charge in [-0.2, -0.15) is 0 Å². The maximum atomic E-state index is 11.8. The third-order valence-corrected chi connectivity index (χ3v) is 5.16. The van der Waals surface area contributed by atoms with Gasteiger partial charge in [-0.05, 0) is 24.5 Å². The SMILES string of the molecule is CS(=O)(=O)c1cccc(CCCC(=O)O)c1S(C)(=O)=O. The highest BCUT2D eigenvalue weighted by atomic mass is 32.2. The number of benzene rings is 1. The Hall–Kier alpha value is -1.41. The van der Waals surface area contributed by atoms with Crippen LogP contribution in [0.3, 0.4) is 0 Å². The highest BCUT2D eigenvalue weighted by Gasteiger charge is 2.23. The molecule has 6 nitrogen and oxygen atoms in total. The fourth-order valence-corrected chi connectivity index (χ4v) is 4.68. The van der Waals surface area contributed by atoms with Crippen LogP contribution in [0, 0.1) is 0 Å². The number of carboxylic acid groups (broad SMARTS) is 1. The van der Waals surface area contributed by atoms with E-state index in [2.05, 4.69) is 0 Å². The third-order valence-electron chi connectivity index (χ3n) is 2.67. The van der Waals surface area contributed by atoms with Crippen molar-refractivity contribution in [3.8, 4) is 0 Å². The molecule has 1 N–H and O–H groups in total. The molecule has 0 bridgehead atoms. The first-order valence-corrected chi connectivity index (χ1v) is 9.55. The molecule has 0 saturated heterocycles. The molecule has 0 radical (unpaired) electrons. The monoisotopic (exact) mass is 320 g/mol. The van der Waals surface area contributed by atoms with Crippen molar-refractivity contribution < 1.29 is 26.7 Å². The van der Waals surface area contributed by atoms with Gasteiger partial charge in [-0.15, -0.1) is 0 Å². The summed E-state index contributed by atoms with van der Waals surface area (Å²) in [5.74, 6) is -0.981. The Morgan fingerprint density at radius 1 is 1.10 bits per heavy atom. The summed E-state index contributed by atoms with van der Waals surface area (Å²) in [5, 5.41) is 8.59. The van der Waals surface area contributed by atoms with Crippen LogP contribution in [0.25, 0.3) is 0 Å². The van der Waals surface area contributed by atoms with Crippen molar-refractivity contribution in [3.05, 3.63) is 23.8 Å². The fourth-order valence-electron chi connectivity index (χ4n) is 1.90. The molecule has 8 heteroatoms. The van der Waals surface area contributed by atoms with Crippen molar-refractivity contribution in [2.45, 2.75) is 29.1 Å². The number of sulfone groups is 2. The molecule has 0 spiro atoms. The highest BCUT2D eigenvalue weighted by molar-refractivity contribution is 7.93. The van der Waals surface area contributed by atoms with E-state index < -0.39 is 25.6 Å². The van der Waals surface area contributed by atoms with Gasteiger partial charge in [0.1, 0.15) is 0 Å². The molecule has 0 aliphatic rings. The summed E-state index contributed by atoms with van der Waals surface area (Å²) in [4.78, 5) is 10.0. The summed E-state index contributed by atoms with van der Waals surface area (Å²) in [6.45, 7) is 0. The van der Waals surface area contributed by atoms with Crippen LogP contribution >= 0.6 is 0 Å². The lowest BCUT2D eigenvalue weighted by Crippen LogP contribution is -2.11. The van der Waals surface area contributed by atoms with Crippen molar-refractivity contribution in [2.24, 2.45) is 0 Å². The molecular formula is C12H16O6S2. The molecule has 0 unspecified atom stereocenters. The average molecular weight is 320 g/mol. The zero-order chi connectivity index (χ0) is 15.6. The molecule has 0 aliphatic carbocycles. The largest absolute Gasteiger partial charge is 0.481 e. The van der Waals surface area contributed by atoms with Crippen molar-refractivity contribution >= 4 is 25.6 Å². The van der Waals surface area contributed by atoms with Gasteiger partial charge in [0.15, 0.2) is 19.7 Å². The van der Waals surface area contributed by atoms with Crippen molar-refractivity contribution in [1.29, 1.82) is 0 Å². The number of rotatable bonds is 6. The molecule has 0 amide bonds. The fraction of sp³-hybridized carbons (Fsp3) is 0.417. The second kappa shape index (κ2) is 5.92. The van der Waals surface area contributed by atoms with Gasteiger partial charge >= 0.3 is 5.97 Å². The van der Waals surface area contributed by atoms with E-state index in [9.17, 15) is 21.6 Å². The van der Waals surface area contributed by atoms with E-state index in [0.29, 0.717) is 5.56 Å². The minimum absolute atomic E-state index is 0.105. The normalized spacial score (nSPS) is 12.3. The minimum Gasteiger partial charge on any atom is -0.481 e. The first-order valence-electron chi connectivity index (χ1n) is 5.77. The van der Waals surface area contributed by atoms with E-state index in [1.807, 2.05) is 0 Å². The topological polar surface area (TPSA) is 106 Å². The lowest BCUT2D eigenvalue weighted by molar-refractivity contribution is -0.137. The second-order valence-electron chi connectivity index (χ2n) is 4.54. The highest BCUT2D eigenvalue weighted by Crippen LogP contribution is 2.26. The molecule has 0 heterocycles. The van der Waals surface area contributed by atoms with Crippen LogP contribution in [0.4, 0.5) is 0 Å². The molecule has 112 valence electrons. The summed E-state index contributed by atoms with van der Waals surface area (Å²) in [6.07, 6.45) is 2.21. The molecule has 0 fully saturated rings. The molecule has 0 saturated carbocycles. The molecule has 0 aromatic heterocycles. The zero-order valence-electron chi connectivity index (χ0n) is 11.2. The van der Waals surface area contributed by atoms with E-state index in [0.717, 1.165) is 12.5 Å². The maximum absolute atomic E-state index is 11.8. The van der Waals surface area contributed by atoms with Crippen LogP contribution < -0.4 is 0 Å². The standard InChI is InChI=1S/C12H16O6S2/c1-19(15,16)10-7-3-5-9(6-4-8-11(13)14)12(10)20(2,17)18/h3,5,7H,4,6,8H2,1-2H3,(H,13,14). The van der Waals surface area contributed by atoms with Gasteiger partial charge in [0.25, 0.3) is 0 Å². The van der Waals surface area contributed by atoms with Crippen molar-refractivity contribution in [1.82, 2.24) is 0 Å². The molecule has 0 atom stereocenters. The predicted molar refractivity (Wildman–Crippen MR) is 73.2 cm³/mol. The Balaban J connectivity index is 3.35. The summed E-state index contributed by atoms with van der Waals surface area (Å²) >= 11 is 0. The third kappa shape index (κ3) is 4.31. The van der Waals surface area contributed by atoms with Gasteiger partial charge < -0.3 is 5.11 Å².